The van der Waals surface area contributed by atoms with Crippen LogP contribution in [0.3, 0.4) is 0 Å². The van der Waals surface area contributed by atoms with Crippen LogP contribution in [0.1, 0.15) is 111 Å². The molecule has 0 aromatic heterocycles. The zero-order valence-electron chi connectivity index (χ0n) is 37.7. The fourth-order valence-electron chi connectivity index (χ4n) is 8.00. The van der Waals surface area contributed by atoms with Crippen molar-refractivity contribution in [3.8, 4) is 34.5 Å². The molecule has 6 N–H and O–H groups in total. The lowest BCUT2D eigenvalue weighted by Crippen LogP contribution is -2.23. The summed E-state index contributed by atoms with van der Waals surface area (Å²) < 4.78 is 0. The van der Waals surface area contributed by atoms with Gasteiger partial charge in [0, 0.05) is 56.0 Å². The molecule has 6 nitrogen and oxygen atoms in total. The van der Waals surface area contributed by atoms with E-state index in [1.165, 1.54) is 12.1 Å². The molecule has 7 aromatic rings. The number of hydrogen-bond donors (Lipinski definition) is 6. The van der Waals surface area contributed by atoms with E-state index in [0.29, 0.717) is 22.6 Å². The van der Waals surface area contributed by atoms with E-state index in [4.69, 9.17) is 0 Å². The predicted octanol–water partition coefficient (Wildman–Crippen LogP) is 13.2. The summed E-state index contributed by atoms with van der Waals surface area (Å²) in [6.07, 6.45) is 0. The van der Waals surface area contributed by atoms with Gasteiger partial charge < -0.3 is 30.6 Å². The number of hydrogen-bond acceptors (Lipinski definition) is 6. The number of phenolic OH excluding ortho intramolecular Hbond substituents is 6. The highest BCUT2D eigenvalue weighted by atomic mass is 16.3. The highest BCUT2D eigenvalue weighted by Crippen LogP contribution is 2.44. The van der Waals surface area contributed by atoms with Crippen LogP contribution >= 0.6 is 0 Å². The van der Waals surface area contributed by atoms with Crippen LogP contribution in [0.4, 0.5) is 0 Å². The van der Waals surface area contributed by atoms with E-state index in [1.807, 2.05) is 108 Å². The molecule has 0 fully saturated rings. The summed E-state index contributed by atoms with van der Waals surface area (Å²) in [5, 5.41) is 60.8. The lowest BCUT2D eigenvalue weighted by Gasteiger charge is -2.31. The van der Waals surface area contributed by atoms with Crippen molar-refractivity contribution in [3.63, 3.8) is 0 Å². The van der Waals surface area contributed by atoms with E-state index in [9.17, 15) is 30.6 Å². The standard InChI is InChI=1S/C26H30O2.C24H26O4.C6H6/c1-17-10-12-23(27)21(14-17)25(3,4)19-8-7-9-20(16-19)26(5,6)22-15-18(2)11-13-24(22)28;1-23(2,19-10-8-17(25)13-21(19)27)15-6-5-7-16(12-15)24(3,4)20-11-9-18(26)14-22(20)28;1-2-4-6-5-3-1/h7-16,27-28H,1-6H3;5-14,25-28H,1-4H3;1-6H. The van der Waals surface area contributed by atoms with Crippen molar-refractivity contribution in [2.24, 2.45) is 0 Å². The van der Waals surface area contributed by atoms with Crippen LogP contribution in [0, 0.1) is 13.8 Å². The molecule has 0 bridgehead atoms. The van der Waals surface area contributed by atoms with E-state index in [0.717, 1.165) is 44.5 Å². The summed E-state index contributed by atoms with van der Waals surface area (Å²) in [6, 6.07) is 49.3. The van der Waals surface area contributed by atoms with Crippen molar-refractivity contribution in [1.82, 2.24) is 0 Å². The third kappa shape index (κ3) is 10.3. The minimum Gasteiger partial charge on any atom is -0.508 e. The molecule has 6 heteroatoms. The minimum absolute atomic E-state index is 0.0229. The largest absolute Gasteiger partial charge is 0.508 e. The average molecular weight is 831 g/mol. The van der Waals surface area contributed by atoms with Gasteiger partial charge in [-0.05, 0) is 60.4 Å². The molecule has 0 heterocycles. The topological polar surface area (TPSA) is 121 Å². The van der Waals surface area contributed by atoms with Gasteiger partial charge in [-0.3, -0.25) is 0 Å². The first-order valence-corrected chi connectivity index (χ1v) is 20.9. The van der Waals surface area contributed by atoms with Crippen LogP contribution in [0.15, 0.2) is 158 Å². The molecule has 0 amide bonds. The highest BCUT2D eigenvalue weighted by molar-refractivity contribution is 5.54. The summed E-state index contributed by atoms with van der Waals surface area (Å²) in [5.41, 5.74) is 8.08. The fraction of sp³-hybridized carbons (Fsp3) is 0.250. The van der Waals surface area contributed by atoms with E-state index in [1.54, 1.807) is 36.4 Å². The van der Waals surface area contributed by atoms with Crippen molar-refractivity contribution in [1.29, 1.82) is 0 Å². The number of rotatable bonds is 8. The third-order valence-corrected chi connectivity index (χ3v) is 12.2. The lowest BCUT2D eigenvalue weighted by atomic mass is 9.72. The Hall–Kier alpha value is -6.66. The first-order chi connectivity index (χ1) is 29.1. The Morgan fingerprint density at radius 2 is 0.565 bits per heavy atom. The Morgan fingerprint density at radius 1 is 0.274 bits per heavy atom. The van der Waals surface area contributed by atoms with Crippen LogP contribution in [0.5, 0.6) is 34.5 Å². The van der Waals surface area contributed by atoms with Gasteiger partial charge in [0.05, 0.1) is 0 Å². The summed E-state index contributed by atoms with van der Waals surface area (Å²) in [6.45, 7) is 20.7. The molecular weight excluding hydrogens is 769 g/mol. The number of aromatic hydroxyl groups is 6. The van der Waals surface area contributed by atoms with Gasteiger partial charge in [0.2, 0.25) is 0 Å². The number of benzene rings is 7. The molecule has 322 valence electrons. The molecule has 0 aliphatic heterocycles. The number of phenols is 6. The zero-order chi connectivity index (χ0) is 45.6. The molecule has 0 spiro atoms. The van der Waals surface area contributed by atoms with Crippen molar-refractivity contribution >= 4 is 0 Å². The van der Waals surface area contributed by atoms with Gasteiger partial charge in [0.15, 0.2) is 0 Å². The molecule has 0 aliphatic rings. The molecule has 0 unspecified atom stereocenters. The second-order valence-corrected chi connectivity index (χ2v) is 18.3. The fourth-order valence-corrected chi connectivity index (χ4v) is 8.00. The first kappa shape index (κ1) is 46.4. The van der Waals surface area contributed by atoms with Gasteiger partial charge in [0.25, 0.3) is 0 Å². The molecule has 0 saturated carbocycles. The average Bonchev–Trinajstić information content (AvgIpc) is 3.23. The van der Waals surface area contributed by atoms with Gasteiger partial charge in [-0.15, -0.1) is 0 Å². The van der Waals surface area contributed by atoms with E-state index < -0.39 is 10.8 Å². The summed E-state index contributed by atoms with van der Waals surface area (Å²) in [5.74, 6) is 0.773. The maximum atomic E-state index is 10.5. The van der Waals surface area contributed by atoms with Crippen LogP contribution in [-0.4, -0.2) is 30.6 Å². The Balaban J connectivity index is 0.000000206. The van der Waals surface area contributed by atoms with Gasteiger partial charge in [-0.2, -0.15) is 0 Å². The van der Waals surface area contributed by atoms with Gasteiger partial charge in [0.1, 0.15) is 34.5 Å². The van der Waals surface area contributed by atoms with Crippen LogP contribution in [0.2, 0.25) is 0 Å². The van der Waals surface area contributed by atoms with E-state index in [-0.39, 0.29) is 33.8 Å². The maximum Gasteiger partial charge on any atom is 0.123 e. The Morgan fingerprint density at radius 3 is 0.855 bits per heavy atom. The molecule has 7 rings (SSSR count). The van der Waals surface area contributed by atoms with Gasteiger partial charge in [-0.25, -0.2) is 0 Å². The monoisotopic (exact) mass is 830 g/mol. The Bertz CT molecular complexity index is 2440. The molecule has 0 atom stereocenters. The predicted molar refractivity (Wildman–Crippen MR) is 253 cm³/mol. The Kier molecular flexibility index (Phi) is 13.9. The molecule has 0 saturated heterocycles. The summed E-state index contributed by atoms with van der Waals surface area (Å²) in [7, 11) is 0. The lowest BCUT2D eigenvalue weighted by molar-refractivity contribution is 0.435. The highest BCUT2D eigenvalue weighted by Gasteiger charge is 2.32. The molecular formula is C56H62O6. The Labute approximate surface area is 368 Å². The molecule has 0 aliphatic carbocycles. The number of aryl methyl sites for hydroxylation is 2. The van der Waals surface area contributed by atoms with Crippen LogP contribution < -0.4 is 0 Å². The van der Waals surface area contributed by atoms with Crippen molar-refractivity contribution in [3.05, 3.63) is 213 Å². The van der Waals surface area contributed by atoms with Crippen molar-refractivity contribution < 1.29 is 30.6 Å². The first-order valence-electron chi connectivity index (χ1n) is 20.9. The molecule has 7 aromatic carbocycles. The summed E-state index contributed by atoms with van der Waals surface area (Å²) >= 11 is 0. The quantitative estimate of drug-likeness (QED) is 0.0907. The smallest absolute Gasteiger partial charge is 0.123 e. The van der Waals surface area contributed by atoms with Gasteiger partial charge in [-0.1, -0.05) is 188 Å². The maximum absolute atomic E-state index is 10.5. The second-order valence-electron chi connectivity index (χ2n) is 18.3. The third-order valence-electron chi connectivity index (χ3n) is 12.2. The normalized spacial score (nSPS) is 11.8. The second kappa shape index (κ2) is 18.5. The van der Waals surface area contributed by atoms with Crippen LogP contribution in [-0.2, 0) is 21.7 Å². The molecule has 0 radical (unpaired) electrons. The van der Waals surface area contributed by atoms with E-state index in [2.05, 4.69) is 70.2 Å². The van der Waals surface area contributed by atoms with Crippen molar-refractivity contribution in [2.45, 2.75) is 90.9 Å². The minimum atomic E-state index is -0.499. The SMILES string of the molecule is CC(C)(c1cccc(C(C)(C)c2ccc(O)cc2O)c1)c1ccc(O)cc1O.Cc1ccc(O)c(C(C)(C)c2cccc(C(C)(C)c3cc(C)ccc3O)c2)c1.c1ccccc1. The zero-order valence-corrected chi connectivity index (χ0v) is 37.7. The van der Waals surface area contributed by atoms with Crippen molar-refractivity contribution in [2.75, 3.05) is 0 Å². The van der Waals surface area contributed by atoms with E-state index >= 15 is 0 Å². The summed E-state index contributed by atoms with van der Waals surface area (Å²) in [4.78, 5) is 0. The molecule has 62 heavy (non-hydrogen) atoms. The van der Waals surface area contributed by atoms with Crippen LogP contribution in [0.25, 0.3) is 0 Å². The van der Waals surface area contributed by atoms with Gasteiger partial charge >= 0.3 is 0 Å².